The molecule has 2 N–H and O–H groups in total. The first-order valence-electron chi connectivity index (χ1n) is 6.58. The molecule has 0 aromatic carbocycles. The lowest BCUT2D eigenvalue weighted by atomic mass is 10.2. The molecular formula is C14H24N2O2. The average molecular weight is 252 g/mol. The fourth-order valence-electron chi connectivity index (χ4n) is 1.71. The first-order chi connectivity index (χ1) is 8.49. The summed E-state index contributed by atoms with van der Waals surface area (Å²) in [5.41, 5.74) is 0. The van der Waals surface area contributed by atoms with Crippen LogP contribution in [0.25, 0.3) is 0 Å². The van der Waals surface area contributed by atoms with Crippen molar-refractivity contribution in [2.45, 2.75) is 52.6 Å². The zero-order valence-electron chi connectivity index (χ0n) is 11.7. The van der Waals surface area contributed by atoms with Crippen LogP contribution in [0.15, 0.2) is 16.5 Å². The number of amides is 1. The largest absolute Gasteiger partial charge is 0.464 e. The number of hydrogen-bond acceptors (Lipinski definition) is 3. The van der Waals surface area contributed by atoms with Gasteiger partial charge in [-0.25, -0.2) is 0 Å². The first kappa shape index (κ1) is 14.8. The Labute approximate surface area is 109 Å². The summed E-state index contributed by atoms with van der Waals surface area (Å²) in [4.78, 5) is 11.7. The second-order valence-electron chi connectivity index (χ2n) is 4.95. The predicted octanol–water partition coefficient (Wildman–Crippen LogP) is 2.54. The molecule has 1 rings (SSSR count). The normalized spacial score (nSPS) is 12.7. The van der Waals surface area contributed by atoms with E-state index in [1.54, 1.807) is 0 Å². The summed E-state index contributed by atoms with van der Waals surface area (Å²) in [6, 6.07) is 4.22. The maximum Gasteiger partial charge on any atom is 0.220 e. The first-order valence-corrected chi connectivity index (χ1v) is 6.58. The minimum atomic E-state index is -0.0655. The van der Waals surface area contributed by atoms with Crippen LogP contribution in [0.2, 0.25) is 0 Å². The van der Waals surface area contributed by atoms with Crippen LogP contribution in [0, 0.1) is 6.92 Å². The molecule has 18 heavy (non-hydrogen) atoms. The molecule has 1 aromatic heterocycles. The van der Waals surface area contributed by atoms with Gasteiger partial charge < -0.3 is 15.1 Å². The Kier molecular flexibility index (Phi) is 5.92. The van der Waals surface area contributed by atoms with Gasteiger partial charge in [0.05, 0.1) is 6.04 Å². The highest BCUT2D eigenvalue weighted by Crippen LogP contribution is 2.15. The van der Waals surface area contributed by atoms with E-state index in [0.717, 1.165) is 24.5 Å². The molecule has 0 fully saturated rings. The Morgan fingerprint density at radius 3 is 2.61 bits per heavy atom. The highest BCUT2D eigenvalue weighted by Gasteiger charge is 2.12. The smallest absolute Gasteiger partial charge is 0.220 e. The molecule has 1 unspecified atom stereocenters. The highest BCUT2D eigenvalue weighted by molar-refractivity contribution is 5.76. The maximum absolute atomic E-state index is 11.7. The number of hydrogen-bond donors (Lipinski definition) is 2. The average Bonchev–Trinajstić information content (AvgIpc) is 2.71. The number of aryl methyl sites for hydroxylation is 1. The summed E-state index contributed by atoms with van der Waals surface area (Å²) in [5.74, 6) is 1.75. The third kappa shape index (κ3) is 5.36. The molecule has 0 aliphatic rings. The zero-order valence-corrected chi connectivity index (χ0v) is 11.7. The van der Waals surface area contributed by atoms with Gasteiger partial charge in [-0.05, 0) is 38.9 Å². The number of furan rings is 1. The van der Waals surface area contributed by atoms with Crippen LogP contribution in [0.3, 0.4) is 0 Å². The van der Waals surface area contributed by atoms with Crippen molar-refractivity contribution in [3.8, 4) is 0 Å². The van der Waals surface area contributed by atoms with Gasteiger partial charge in [0.25, 0.3) is 0 Å². The SMILES string of the molecule is Cc1ccc(C(C)NC(=O)CCCNC(C)C)o1. The minimum absolute atomic E-state index is 0.0655. The summed E-state index contributed by atoms with van der Waals surface area (Å²) >= 11 is 0. The van der Waals surface area contributed by atoms with Crippen LogP contribution >= 0.6 is 0 Å². The number of carbonyl (C=O) groups is 1. The van der Waals surface area contributed by atoms with Crippen LogP contribution in [0.1, 0.15) is 51.2 Å². The van der Waals surface area contributed by atoms with Crippen LogP contribution in [-0.4, -0.2) is 18.5 Å². The van der Waals surface area contributed by atoms with Crippen molar-refractivity contribution >= 4 is 5.91 Å². The molecule has 0 saturated carbocycles. The maximum atomic E-state index is 11.7. The Morgan fingerprint density at radius 1 is 1.33 bits per heavy atom. The fourth-order valence-corrected chi connectivity index (χ4v) is 1.71. The molecule has 0 saturated heterocycles. The third-order valence-electron chi connectivity index (χ3n) is 2.70. The molecule has 0 aliphatic heterocycles. The second-order valence-corrected chi connectivity index (χ2v) is 4.95. The van der Waals surface area contributed by atoms with Crippen LogP contribution in [-0.2, 0) is 4.79 Å². The second kappa shape index (κ2) is 7.21. The van der Waals surface area contributed by atoms with Gasteiger partial charge in [-0.3, -0.25) is 4.79 Å². The van der Waals surface area contributed by atoms with E-state index in [2.05, 4.69) is 24.5 Å². The molecule has 4 nitrogen and oxygen atoms in total. The van der Waals surface area contributed by atoms with Gasteiger partial charge in [0.2, 0.25) is 5.91 Å². The molecular weight excluding hydrogens is 228 g/mol. The van der Waals surface area contributed by atoms with Gasteiger partial charge in [0.15, 0.2) is 0 Å². The van der Waals surface area contributed by atoms with E-state index in [1.807, 2.05) is 26.0 Å². The van der Waals surface area contributed by atoms with Crippen molar-refractivity contribution in [2.24, 2.45) is 0 Å². The summed E-state index contributed by atoms with van der Waals surface area (Å²) in [5, 5.41) is 6.23. The molecule has 1 amide bonds. The number of nitrogens with one attached hydrogen (secondary N) is 2. The topological polar surface area (TPSA) is 54.3 Å². The fraction of sp³-hybridized carbons (Fsp3) is 0.643. The molecule has 102 valence electrons. The molecule has 4 heteroatoms. The van der Waals surface area contributed by atoms with Crippen LogP contribution in [0.5, 0.6) is 0 Å². The number of carbonyl (C=O) groups excluding carboxylic acids is 1. The molecule has 0 radical (unpaired) electrons. The molecule has 0 bridgehead atoms. The van der Waals surface area contributed by atoms with Crippen molar-refractivity contribution < 1.29 is 9.21 Å². The Hall–Kier alpha value is -1.29. The molecule has 1 heterocycles. The Balaban J connectivity index is 2.23. The summed E-state index contributed by atoms with van der Waals surface area (Å²) in [7, 11) is 0. The van der Waals surface area contributed by atoms with E-state index in [4.69, 9.17) is 4.42 Å². The van der Waals surface area contributed by atoms with E-state index < -0.39 is 0 Å². The van der Waals surface area contributed by atoms with Crippen molar-refractivity contribution in [3.63, 3.8) is 0 Å². The molecule has 1 atom stereocenters. The Bertz CT molecular complexity index is 372. The van der Waals surface area contributed by atoms with Gasteiger partial charge in [-0.15, -0.1) is 0 Å². The van der Waals surface area contributed by atoms with E-state index in [0.29, 0.717) is 12.5 Å². The molecule has 0 aliphatic carbocycles. The van der Waals surface area contributed by atoms with Gasteiger partial charge in [0.1, 0.15) is 11.5 Å². The van der Waals surface area contributed by atoms with Crippen molar-refractivity contribution in [1.29, 1.82) is 0 Å². The molecule has 0 spiro atoms. The van der Waals surface area contributed by atoms with Crippen LogP contribution < -0.4 is 10.6 Å². The van der Waals surface area contributed by atoms with Crippen molar-refractivity contribution in [3.05, 3.63) is 23.7 Å². The summed E-state index contributed by atoms with van der Waals surface area (Å²) in [6.07, 6.45) is 1.40. The van der Waals surface area contributed by atoms with Gasteiger partial charge in [-0.1, -0.05) is 13.8 Å². The standard InChI is InChI=1S/C14H24N2O2/c1-10(2)15-9-5-6-14(17)16-12(4)13-8-7-11(3)18-13/h7-8,10,12,15H,5-6,9H2,1-4H3,(H,16,17). The van der Waals surface area contributed by atoms with Crippen molar-refractivity contribution in [1.82, 2.24) is 10.6 Å². The third-order valence-corrected chi connectivity index (χ3v) is 2.70. The predicted molar refractivity (Wildman–Crippen MR) is 72.4 cm³/mol. The van der Waals surface area contributed by atoms with E-state index in [9.17, 15) is 4.79 Å². The molecule has 1 aromatic rings. The number of rotatable bonds is 7. The summed E-state index contributed by atoms with van der Waals surface area (Å²) < 4.78 is 5.48. The quantitative estimate of drug-likeness (QED) is 0.733. The monoisotopic (exact) mass is 252 g/mol. The van der Waals surface area contributed by atoms with Crippen molar-refractivity contribution in [2.75, 3.05) is 6.54 Å². The lowest BCUT2D eigenvalue weighted by molar-refractivity contribution is -0.121. The van der Waals surface area contributed by atoms with Gasteiger partial charge in [-0.2, -0.15) is 0 Å². The summed E-state index contributed by atoms with van der Waals surface area (Å²) in [6.45, 7) is 8.90. The lowest BCUT2D eigenvalue weighted by Crippen LogP contribution is -2.28. The highest BCUT2D eigenvalue weighted by atomic mass is 16.3. The van der Waals surface area contributed by atoms with E-state index in [1.165, 1.54) is 0 Å². The minimum Gasteiger partial charge on any atom is -0.464 e. The van der Waals surface area contributed by atoms with E-state index >= 15 is 0 Å². The zero-order chi connectivity index (χ0) is 13.5. The lowest BCUT2D eigenvalue weighted by Gasteiger charge is -2.12. The van der Waals surface area contributed by atoms with Gasteiger partial charge in [0, 0.05) is 12.5 Å². The van der Waals surface area contributed by atoms with E-state index in [-0.39, 0.29) is 11.9 Å². The van der Waals surface area contributed by atoms with Crippen LogP contribution in [0.4, 0.5) is 0 Å². The van der Waals surface area contributed by atoms with Gasteiger partial charge >= 0.3 is 0 Å². The Morgan fingerprint density at radius 2 is 2.06 bits per heavy atom.